The molecule has 0 radical (unpaired) electrons. The first-order valence-corrected chi connectivity index (χ1v) is 8.91. The molecule has 8 nitrogen and oxygen atoms in total. The highest BCUT2D eigenvalue weighted by Gasteiger charge is 2.23. The number of anilines is 2. The lowest BCUT2D eigenvalue weighted by Gasteiger charge is -2.27. The molecular weight excluding hydrogens is 423 g/mol. The maximum Gasteiger partial charge on any atom is 0.257 e. The van der Waals surface area contributed by atoms with Gasteiger partial charge in [-0.1, -0.05) is 0 Å². The third-order valence-corrected chi connectivity index (χ3v) is 4.51. The summed E-state index contributed by atoms with van der Waals surface area (Å²) in [5.41, 5.74) is 0.228. The van der Waals surface area contributed by atoms with E-state index in [2.05, 4.69) is 31.2 Å². The van der Waals surface area contributed by atoms with Crippen LogP contribution in [0.25, 0.3) is 0 Å². The summed E-state index contributed by atoms with van der Waals surface area (Å²) in [7, 11) is 2.91. The zero-order valence-electron chi connectivity index (χ0n) is 14.8. The van der Waals surface area contributed by atoms with Crippen LogP contribution in [0.5, 0.6) is 11.6 Å². The van der Waals surface area contributed by atoms with Crippen LogP contribution in [0.4, 0.5) is 16.0 Å². The number of amides is 1. The van der Waals surface area contributed by atoms with Crippen LogP contribution in [0, 0.1) is 5.82 Å². The molecular formula is C17H18BrFN4O4. The second-order valence-corrected chi connectivity index (χ2v) is 6.47. The molecule has 1 aromatic heterocycles. The molecule has 1 fully saturated rings. The standard InChI is InChI=1S/C17H18BrFN4O4/c1-25-14-7-10(16(24)23-3-5-27-6-4-23)12(19)8-13(14)21-17-20-9-11(18)15(22-17)26-2/h7-9H,3-6H2,1-2H3,(H,20,21,22). The number of morpholine rings is 1. The fourth-order valence-electron chi connectivity index (χ4n) is 2.60. The number of hydrogen-bond donors (Lipinski definition) is 1. The van der Waals surface area contributed by atoms with E-state index in [9.17, 15) is 9.18 Å². The summed E-state index contributed by atoms with van der Waals surface area (Å²) >= 11 is 3.27. The van der Waals surface area contributed by atoms with E-state index in [1.54, 1.807) is 4.90 Å². The van der Waals surface area contributed by atoms with E-state index in [4.69, 9.17) is 14.2 Å². The largest absolute Gasteiger partial charge is 0.495 e. The molecule has 0 bridgehead atoms. The van der Waals surface area contributed by atoms with Gasteiger partial charge in [0, 0.05) is 19.2 Å². The van der Waals surface area contributed by atoms with E-state index in [1.807, 2.05) is 0 Å². The zero-order valence-corrected chi connectivity index (χ0v) is 16.4. The second-order valence-electron chi connectivity index (χ2n) is 5.61. The number of benzene rings is 1. The lowest BCUT2D eigenvalue weighted by atomic mass is 10.1. The molecule has 0 spiro atoms. The molecule has 27 heavy (non-hydrogen) atoms. The van der Waals surface area contributed by atoms with Gasteiger partial charge in [-0.25, -0.2) is 9.37 Å². The normalized spacial score (nSPS) is 14.0. The SMILES string of the molecule is COc1cc(C(=O)N2CCOCC2)c(F)cc1Nc1ncc(Br)c(OC)n1. The van der Waals surface area contributed by atoms with Gasteiger partial charge in [-0.3, -0.25) is 4.79 Å². The van der Waals surface area contributed by atoms with Gasteiger partial charge in [0.25, 0.3) is 5.91 Å². The number of ether oxygens (including phenoxy) is 3. The number of nitrogens with one attached hydrogen (secondary N) is 1. The highest BCUT2D eigenvalue weighted by atomic mass is 79.9. The number of methoxy groups -OCH3 is 2. The number of nitrogens with zero attached hydrogens (tertiary/aromatic N) is 3. The first-order valence-electron chi connectivity index (χ1n) is 8.11. The lowest BCUT2D eigenvalue weighted by Crippen LogP contribution is -2.41. The predicted molar refractivity (Wildman–Crippen MR) is 99.2 cm³/mol. The Morgan fingerprint density at radius 2 is 2.04 bits per heavy atom. The third kappa shape index (κ3) is 4.28. The van der Waals surface area contributed by atoms with Crippen molar-refractivity contribution in [3.05, 3.63) is 34.2 Å². The highest BCUT2D eigenvalue weighted by Crippen LogP contribution is 2.31. The Hall–Kier alpha value is -2.46. The number of hydrogen-bond acceptors (Lipinski definition) is 7. The van der Waals surface area contributed by atoms with E-state index < -0.39 is 11.7 Å². The number of carbonyl (C=O) groups is 1. The fourth-order valence-corrected chi connectivity index (χ4v) is 2.95. The maximum atomic E-state index is 14.6. The van der Waals surface area contributed by atoms with Crippen molar-refractivity contribution in [2.75, 3.05) is 45.8 Å². The lowest BCUT2D eigenvalue weighted by molar-refractivity contribution is 0.0299. The monoisotopic (exact) mass is 440 g/mol. The van der Waals surface area contributed by atoms with Crippen LogP contribution in [0.2, 0.25) is 0 Å². The number of rotatable bonds is 5. The average Bonchev–Trinajstić information content (AvgIpc) is 2.70. The van der Waals surface area contributed by atoms with Crippen molar-refractivity contribution in [1.29, 1.82) is 0 Å². The Kier molecular flexibility index (Phi) is 6.07. The molecule has 1 N–H and O–H groups in total. The van der Waals surface area contributed by atoms with Gasteiger partial charge in [0.1, 0.15) is 11.6 Å². The van der Waals surface area contributed by atoms with Gasteiger partial charge in [-0.15, -0.1) is 0 Å². The maximum absolute atomic E-state index is 14.6. The molecule has 0 aliphatic carbocycles. The van der Waals surface area contributed by atoms with Crippen molar-refractivity contribution >= 4 is 33.5 Å². The Balaban J connectivity index is 1.88. The van der Waals surface area contributed by atoms with Crippen molar-refractivity contribution < 1.29 is 23.4 Å². The van der Waals surface area contributed by atoms with Crippen LogP contribution in [0.15, 0.2) is 22.8 Å². The van der Waals surface area contributed by atoms with Gasteiger partial charge >= 0.3 is 0 Å². The molecule has 1 saturated heterocycles. The van der Waals surface area contributed by atoms with E-state index in [1.165, 1.54) is 32.5 Å². The molecule has 2 aromatic rings. The van der Waals surface area contributed by atoms with Crippen LogP contribution in [0.1, 0.15) is 10.4 Å². The molecule has 1 aromatic carbocycles. The van der Waals surface area contributed by atoms with Gasteiger partial charge in [0.2, 0.25) is 11.8 Å². The minimum Gasteiger partial charge on any atom is -0.495 e. The summed E-state index contributed by atoms with van der Waals surface area (Å²) in [5, 5.41) is 2.88. The zero-order chi connectivity index (χ0) is 19.4. The molecule has 1 aliphatic rings. The highest BCUT2D eigenvalue weighted by molar-refractivity contribution is 9.10. The first kappa shape index (κ1) is 19.3. The molecule has 0 saturated carbocycles. The van der Waals surface area contributed by atoms with Crippen LogP contribution in [-0.2, 0) is 4.74 Å². The Morgan fingerprint density at radius 1 is 1.30 bits per heavy atom. The summed E-state index contributed by atoms with van der Waals surface area (Å²) in [6, 6.07) is 2.55. The van der Waals surface area contributed by atoms with E-state index in [0.717, 1.165) is 0 Å². The summed E-state index contributed by atoms with van der Waals surface area (Å²) in [5.74, 6) is -0.259. The number of halogens is 2. The number of carbonyl (C=O) groups excluding carboxylic acids is 1. The van der Waals surface area contributed by atoms with Crippen molar-refractivity contribution in [2.45, 2.75) is 0 Å². The number of aromatic nitrogens is 2. The van der Waals surface area contributed by atoms with Crippen molar-refractivity contribution in [2.24, 2.45) is 0 Å². The van der Waals surface area contributed by atoms with Gasteiger partial charge < -0.3 is 24.4 Å². The fraction of sp³-hybridized carbons (Fsp3) is 0.353. The van der Waals surface area contributed by atoms with Crippen LogP contribution >= 0.6 is 15.9 Å². The Bertz CT molecular complexity index is 846. The van der Waals surface area contributed by atoms with E-state index >= 15 is 0 Å². The summed E-state index contributed by atoms with van der Waals surface area (Å²) in [6.45, 7) is 1.72. The van der Waals surface area contributed by atoms with Crippen LogP contribution in [0.3, 0.4) is 0 Å². The first-order chi connectivity index (χ1) is 13.0. The third-order valence-electron chi connectivity index (χ3n) is 3.97. The van der Waals surface area contributed by atoms with Crippen molar-refractivity contribution in [1.82, 2.24) is 14.9 Å². The van der Waals surface area contributed by atoms with E-state index in [-0.39, 0.29) is 17.2 Å². The predicted octanol–water partition coefficient (Wildman–Crippen LogP) is 2.61. The van der Waals surface area contributed by atoms with Crippen molar-refractivity contribution in [3.8, 4) is 11.6 Å². The quantitative estimate of drug-likeness (QED) is 0.764. The van der Waals surface area contributed by atoms with Crippen LogP contribution < -0.4 is 14.8 Å². The Labute approximate surface area is 163 Å². The molecule has 0 atom stereocenters. The van der Waals surface area contributed by atoms with Gasteiger partial charge in [-0.05, 0) is 22.0 Å². The minimum atomic E-state index is -0.668. The van der Waals surface area contributed by atoms with Crippen molar-refractivity contribution in [3.63, 3.8) is 0 Å². The van der Waals surface area contributed by atoms with Gasteiger partial charge in [0.05, 0.1) is 49.4 Å². The molecule has 10 heteroatoms. The smallest absolute Gasteiger partial charge is 0.257 e. The van der Waals surface area contributed by atoms with Crippen LogP contribution in [-0.4, -0.2) is 61.3 Å². The molecule has 1 aliphatic heterocycles. The second kappa shape index (κ2) is 8.49. The molecule has 2 heterocycles. The Morgan fingerprint density at radius 3 is 2.70 bits per heavy atom. The molecule has 0 unspecified atom stereocenters. The van der Waals surface area contributed by atoms with E-state index in [0.29, 0.717) is 42.4 Å². The summed E-state index contributed by atoms with van der Waals surface area (Å²) < 4.78 is 30.9. The summed E-state index contributed by atoms with van der Waals surface area (Å²) in [6.07, 6.45) is 1.51. The minimum absolute atomic E-state index is 0.0615. The molecule has 3 rings (SSSR count). The molecule has 1 amide bonds. The average molecular weight is 441 g/mol. The van der Waals surface area contributed by atoms with Gasteiger partial charge in [0.15, 0.2) is 0 Å². The van der Waals surface area contributed by atoms with Gasteiger partial charge in [-0.2, -0.15) is 4.98 Å². The molecule has 144 valence electrons. The summed E-state index contributed by atoms with van der Waals surface area (Å²) in [4.78, 5) is 22.4. The topological polar surface area (TPSA) is 85.8 Å².